The topological polar surface area (TPSA) is 74.9 Å². The Balaban J connectivity index is 0.00000341. The van der Waals surface area contributed by atoms with Crippen molar-refractivity contribution < 1.29 is 9.15 Å². The summed E-state index contributed by atoms with van der Waals surface area (Å²) in [6.07, 6.45) is 2.95. The van der Waals surface area contributed by atoms with E-state index in [1.807, 2.05) is 12.1 Å². The highest BCUT2D eigenvalue weighted by atomic mass is 127. The van der Waals surface area contributed by atoms with Gasteiger partial charge in [0.05, 0.1) is 13.3 Å². The maximum atomic E-state index is 5.85. The summed E-state index contributed by atoms with van der Waals surface area (Å²) in [6.45, 7) is 12.6. The van der Waals surface area contributed by atoms with Crippen molar-refractivity contribution in [1.82, 2.24) is 15.6 Å². The highest BCUT2D eigenvalue weighted by molar-refractivity contribution is 14.0. The number of anilines is 1. The van der Waals surface area contributed by atoms with Crippen molar-refractivity contribution in [2.75, 3.05) is 38.2 Å². The van der Waals surface area contributed by atoms with E-state index in [-0.39, 0.29) is 29.4 Å². The smallest absolute Gasteiger partial charge is 0.216 e. The van der Waals surface area contributed by atoms with Crippen LogP contribution in [0.4, 0.5) is 5.69 Å². The number of benzene rings is 1. The molecule has 7 nitrogen and oxygen atoms in total. The Hall–Kier alpha value is -1.97. The summed E-state index contributed by atoms with van der Waals surface area (Å²) >= 11 is 0. The van der Waals surface area contributed by atoms with Crippen LogP contribution in [0, 0.1) is 5.92 Å². The maximum Gasteiger partial charge on any atom is 0.216 e. The van der Waals surface area contributed by atoms with Gasteiger partial charge in [-0.3, -0.25) is 0 Å². The molecular formula is C23H36IN5O2. The zero-order valence-electron chi connectivity index (χ0n) is 19.3. The molecule has 3 rings (SSSR count). The van der Waals surface area contributed by atoms with Crippen LogP contribution in [-0.4, -0.2) is 44.2 Å². The normalized spacial score (nSPS) is 16.7. The van der Waals surface area contributed by atoms with Crippen LogP contribution >= 0.6 is 24.0 Å². The second-order valence-corrected chi connectivity index (χ2v) is 8.75. The van der Waals surface area contributed by atoms with Crippen LogP contribution in [-0.2, 0) is 12.0 Å². The van der Waals surface area contributed by atoms with E-state index in [9.17, 15) is 0 Å². The molecule has 0 bridgehead atoms. The standard InChI is InChI=1S/C23H35N5O2.HI/c1-6-24-22(27-15-21-25-14-20(30-21)23(2,3)4)26-13-17-10-11-28(16-17)18-8-7-9-19(12-18)29-5;/h7-9,12,14,17H,6,10-11,13,15-16H2,1-5H3,(H2,24,26,27);1H. The monoisotopic (exact) mass is 541 g/mol. The van der Waals surface area contributed by atoms with Gasteiger partial charge in [-0.1, -0.05) is 26.8 Å². The van der Waals surface area contributed by atoms with E-state index in [0.29, 0.717) is 18.4 Å². The van der Waals surface area contributed by atoms with Gasteiger partial charge in [-0.15, -0.1) is 24.0 Å². The van der Waals surface area contributed by atoms with E-state index in [4.69, 9.17) is 9.15 Å². The van der Waals surface area contributed by atoms with Gasteiger partial charge >= 0.3 is 0 Å². The molecule has 0 radical (unpaired) electrons. The third-order valence-corrected chi connectivity index (χ3v) is 5.27. The fourth-order valence-corrected chi connectivity index (χ4v) is 3.50. The minimum Gasteiger partial charge on any atom is -0.497 e. The Kier molecular flexibility index (Phi) is 9.46. The molecule has 1 aliphatic rings. The van der Waals surface area contributed by atoms with Gasteiger partial charge in [0.15, 0.2) is 5.96 Å². The number of methoxy groups -OCH3 is 1. The minimum absolute atomic E-state index is 0. The Morgan fingerprint density at radius 2 is 2.13 bits per heavy atom. The number of halogens is 1. The van der Waals surface area contributed by atoms with Crippen molar-refractivity contribution in [3.63, 3.8) is 0 Å². The first-order valence-electron chi connectivity index (χ1n) is 10.8. The van der Waals surface area contributed by atoms with E-state index in [1.54, 1.807) is 13.3 Å². The molecule has 2 heterocycles. The molecule has 0 spiro atoms. The average Bonchev–Trinajstić information content (AvgIpc) is 3.39. The van der Waals surface area contributed by atoms with Crippen molar-refractivity contribution >= 4 is 35.6 Å². The lowest BCUT2D eigenvalue weighted by molar-refractivity contribution is 0.383. The molecule has 172 valence electrons. The number of rotatable bonds is 7. The van der Waals surface area contributed by atoms with Crippen LogP contribution in [0.15, 0.2) is 39.9 Å². The number of oxazole rings is 1. The Morgan fingerprint density at radius 3 is 2.81 bits per heavy atom. The molecule has 1 unspecified atom stereocenters. The van der Waals surface area contributed by atoms with Gasteiger partial charge in [-0.05, 0) is 31.4 Å². The molecule has 1 fully saturated rings. The first kappa shape index (κ1) is 25.3. The van der Waals surface area contributed by atoms with Gasteiger partial charge in [0.25, 0.3) is 0 Å². The molecule has 8 heteroatoms. The molecule has 1 saturated heterocycles. The Bertz CT molecular complexity index is 846. The van der Waals surface area contributed by atoms with Gasteiger partial charge in [0, 0.05) is 43.3 Å². The minimum atomic E-state index is -0.0468. The molecule has 1 aromatic carbocycles. The SMILES string of the molecule is CCNC(=NCc1ncc(C(C)(C)C)o1)NCC1CCN(c2cccc(OC)c2)C1.I. The molecule has 1 aliphatic heterocycles. The van der Waals surface area contributed by atoms with Gasteiger partial charge in [-0.25, -0.2) is 9.98 Å². The predicted octanol–water partition coefficient (Wildman–Crippen LogP) is 4.18. The third-order valence-electron chi connectivity index (χ3n) is 5.27. The molecule has 2 N–H and O–H groups in total. The number of nitrogens with zero attached hydrogens (tertiary/aromatic N) is 3. The van der Waals surface area contributed by atoms with Gasteiger partial charge < -0.3 is 24.7 Å². The van der Waals surface area contributed by atoms with E-state index >= 15 is 0 Å². The van der Waals surface area contributed by atoms with Crippen molar-refractivity contribution in [2.24, 2.45) is 10.9 Å². The van der Waals surface area contributed by atoms with Crippen molar-refractivity contribution in [1.29, 1.82) is 0 Å². The Morgan fingerprint density at radius 1 is 1.32 bits per heavy atom. The summed E-state index contributed by atoms with van der Waals surface area (Å²) in [5.74, 6) is 3.79. The van der Waals surface area contributed by atoms with Gasteiger partial charge in [-0.2, -0.15) is 0 Å². The number of hydrogen-bond acceptors (Lipinski definition) is 5. The zero-order chi connectivity index (χ0) is 21.6. The maximum absolute atomic E-state index is 5.85. The summed E-state index contributed by atoms with van der Waals surface area (Å²) in [5.41, 5.74) is 1.17. The third kappa shape index (κ3) is 7.29. The molecule has 2 aromatic rings. The van der Waals surface area contributed by atoms with Crippen LogP contribution < -0.4 is 20.3 Å². The van der Waals surface area contributed by atoms with E-state index < -0.39 is 0 Å². The second-order valence-electron chi connectivity index (χ2n) is 8.75. The number of aliphatic imine (C=N–C) groups is 1. The summed E-state index contributed by atoms with van der Waals surface area (Å²) in [7, 11) is 1.71. The zero-order valence-corrected chi connectivity index (χ0v) is 21.6. The van der Waals surface area contributed by atoms with Gasteiger partial charge in [0.1, 0.15) is 18.1 Å². The highest BCUT2D eigenvalue weighted by Gasteiger charge is 2.23. The van der Waals surface area contributed by atoms with Crippen LogP contribution in [0.5, 0.6) is 5.75 Å². The lowest BCUT2D eigenvalue weighted by Gasteiger charge is -2.20. The van der Waals surface area contributed by atoms with Gasteiger partial charge in [0.2, 0.25) is 5.89 Å². The van der Waals surface area contributed by atoms with Crippen molar-refractivity contribution in [3.05, 3.63) is 42.1 Å². The van der Waals surface area contributed by atoms with Crippen LogP contribution in [0.1, 0.15) is 45.8 Å². The van der Waals surface area contributed by atoms with Crippen LogP contribution in [0.3, 0.4) is 0 Å². The summed E-state index contributed by atoms with van der Waals surface area (Å²) in [6, 6.07) is 8.27. The van der Waals surface area contributed by atoms with Crippen LogP contribution in [0.25, 0.3) is 0 Å². The summed E-state index contributed by atoms with van der Waals surface area (Å²) in [4.78, 5) is 11.4. The molecule has 1 aromatic heterocycles. The lowest BCUT2D eigenvalue weighted by Crippen LogP contribution is -2.40. The van der Waals surface area contributed by atoms with Crippen molar-refractivity contribution in [3.8, 4) is 5.75 Å². The predicted molar refractivity (Wildman–Crippen MR) is 137 cm³/mol. The number of nitrogens with one attached hydrogen (secondary N) is 2. The summed E-state index contributed by atoms with van der Waals surface area (Å²) in [5, 5.41) is 6.79. The van der Waals surface area contributed by atoms with E-state index in [0.717, 1.165) is 50.1 Å². The lowest BCUT2D eigenvalue weighted by atomic mass is 9.94. The van der Waals surface area contributed by atoms with E-state index in [1.165, 1.54) is 5.69 Å². The number of hydrogen-bond donors (Lipinski definition) is 2. The first-order valence-corrected chi connectivity index (χ1v) is 10.8. The molecule has 0 amide bonds. The first-order chi connectivity index (χ1) is 14.4. The fraction of sp³-hybridized carbons (Fsp3) is 0.565. The number of aromatic nitrogens is 1. The summed E-state index contributed by atoms with van der Waals surface area (Å²) < 4.78 is 11.2. The second kappa shape index (κ2) is 11.6. The molecule has 0 aliphatic carbocycles. The Labute approximate surface area is 203 Å². The van der Waals surface area contributed by atoms with E-state index in [2.05, 4.69) is 65.3 Å². The molecule has 1 atom stereocenters. The largest absolute Gasteiger partial charge is 0.497 e. The molecular weight excluding hydrogens is 505 g/mol. The molecule has 0 saturated carbocycles. The number of ether oxygens (including phenoxy) is 1. The average molecular weight is 541 g/mol. The fourth-order valence-electron chi connectivity index (χ4n) is 3.50. The number of guanidine groups is 1. The quantitative estimate of drug-likeness (QED) is 0.311. The highest BCUT2D eigenvalue weighted by Crippen LogP contribution is 2.26. The van der Waals surface area contributed by atoms with Crippen molar-refractivity contribution in [2.45, 2.75) is 46.1 Å². The van der Waals surface area contributed by atoms with Crippen LogP contribution in [0.2, 0.25) is 0 Å². The molecule has 31 heavy (non-hydrogen) atoms.